The van der Waals surface area contributed by atoms with Gasteiger partial charge in [-0.05, 0) is 30.7 Å². The SMILES string of the molecule is C[C@H]1[C@@H](c2ccccc2)OC(=O)N1C(=O)C[C@@H](O)/C(F)=C\c1ccccn1. The molecule has 0 saturated carbocycles. The lowest BCUT2D eigenvalue weighted by Crippen LogP contribution is -2.39. The Bertz CT molecular complexity index is 842. The number of nitrogens with zero attached hydrogens (tertiary/aromatic N) is 2. The molecule has 1 N–H and O–H groups in total. The zero-order chi connectivity index (χ0) is 19.4. The first-order valence-electron chi connectivity index (χ1n) is 8.51. The molecule has 140 valence electrons. The number of aliphatic hydroxyl groups is 1. The minimum Gasteiger partial charge on any atom is -0.439 e. The second-order valence-electron chi connectivity index (χ2n) is 6.22. The van der Waals surface area contributed by atoms with Gasteiger partial charge in [-0.3, -0.25) is 9.78 Å². The van der Waals surface area contributed by atoms with Gasteiger partial charge in [0.1, 0.15) is 18.0 Å². The van der Waals surface area contributed by atoms with Crippen molar-refractivity contribution >= 4 is 18.1 Å². The Balaban J connectivity index is 1.68. The summed E-state index contributed by atoms with van der Waals surface area (Å²) in [5.41, 5.74) is 1.08. The van der Waals surface area contributed by atoms with Crippen LogP contribution in [0.3, 0.4) is 0 Å². The Morgan fingerprint density at radius 2 is 2.00 bits per heavy atom. The van der Waals surface area contributed by atoms with Crippen LogP contribution in [-0.2, 0) is 9.53 Å². The Morgan fingerprint density at radius 1 is 1.30 bits per heavy atom. The van der Waals surface area contributed by atoms with E-state index in [1.165, 1.54) is 6.20 Å². The number of cyclic esters (lactones) is 1. The lowest BCUT2D eigenvalue weighted by Gasteiger charge is -2.20. The molecule has 1 aromatic heterocycles. The number of aromatic nitrogens is 1. The van der Waals surface area contributed by atoms with Gasteiger partial charge in [0.05, 0.1) is 18.2 Å². The van der Waals surface area contributed by atoms with Gasteiger partial charge in [0.2, 0.25) is 5.91 Å². The molecule has 1 aliphatic heterocycles. The number of benzene rings is 1. The van der Waals surface area contributed by atoms with Crippen LogP contribution in [0.25, 0.3) is 6.08 Å². The molecule has 1 aromatic carbocycles. The third kappa shape index (κ3) is 4.20. The van der Waals surface area contributed by atoms with Gasteiger partial charge in [0.15, 0.2) is 0 Å². The molecule has 0 radical (unpaired) electrons. The van der Waals surface area contributed by atoms with Gasteiger partial charge in [-0.25, -0.2) is 14.1 Å². The Kier molecular flexibility index (Phi) is 5.61. The fourth-order valence-electron chi connectivity index (χ4n) is 2.94. The Hall–Kier alpha value is -3.06. The van der Waals surface area contributed by atoms with Crippen molar-refractivity contribution < 1.29 is 23.8 Å². The first kappa shape index (κ1) is 18.7. The molecule has 1 aliphatic rings. The van der Waals surface area contributed by atoms with Crippen molar-refractivity contribution in [1.82, 2.24) is 9.88 Å². The summed E-state index contributed by atoms with van der Waals surface area (Å²) in [6, 6.07) is 13.4. The van der Waals surface area contributed by atoms with Crippen molar-refractivity contribution in [2.75, 3.05) is 0 Å². The fraction of sp³-hybridized carbons (Fsp3) is 0.250. The zero-order valence-electron chi connectivity index (χ0n) is 14.7. The van der Waals surface area contributed by atoms with Gasteiger partial charge in [-0.2, -0.15) is 0 Å². The summed E-state index contributed by atoms with van der Waals surface area (Å²) in [6.45, 7) is 1.67. The normalized spacial score (nSPS) is 21.1. The molecule has 3 rings (SSSR count). The first-order chi connectivity index (χ1) is 13.0. The number of halogens is 1. The summed E-state index contributed by atoms with van der Waals surface area (Å²) in [7, 11) is 0. The number of ether oxygens (including phenoxy) is 1. The maximum Gasteiger partial charge on any atom is 0.417 e. The average Bonchev–Trinajstić information content (AvgIpc) is 2.97. The standard InChI is InChI=1S/C20H19FN2O4/c1-13-19(14-7-3-2-4-8-14)27-20(26)23(13)18(25)12-17(24)16(21)11-15-9-5-6-10-22-15/h2-11,13,17,19,24H,12H2,1H3/b16-11+/t13-,17+,19-/m0/s1. The van der Waals surface area contributed by atoms with Crippen LogP contribution in [0.15, 0.2) is 60.6 Å². The second kappa shape index (κ2) is 8.09. The number of carbonyl (C=O) groups is 2. The minimum absolute atomic E-state index is 0.319. The van der Waals surface area contributed by atoms with Gasteiger partial charge in [-0.15, -0.1) is 0 Å². The summed E-state index contributed by atoms with van der Waals surface area (Å²) < 4.78 is 19.4. The lowest BCUT2D eigenvalue weighted by molar-refractivity contribution is -0.130. The van der Waals surface area contributed by atoms with Crippen molar-refractivity contribution in [3.63, 3.8) is 0 Å². The quantitative estimate of drug-likeness (QED) is 0.874. The highest BCUT2D eigenvalue weighted by molar-refractivity contribution is 5.94. The summed E-state index contributed by atoms with van der Waals surface area (Å²) >= 11 is 0. The highest BCUT2D eigenvalue weighted by Gasteiger charge is 2.43. The minimum atomic E-state index is -1.67. The molecular formula is C20H19FN2O4. The Labute approximate surface area is 155 Å². The van der Waals surface area contributed by atoms with E-state index < -0.39 is 42.5 Å². The van der Waals surface area contributed by atoms with E-state index in [1.54, 1.807) is 37.3 Å². The van der Waals surface area contributed by atoms with Crippen molar-refractivity contribution in [2.24, 2.45) is 0 Å². The van der Waals surface area contributed by atoms with Gasteiger partial charge < -0.3 is 9.84 Å². The molecule has 2 aromatic rings. The van der Waals surface area contributed by atoms with Gasteiger partial charge in [-0.1, -0.05) is 36.4 Å². The molecule has 0 bridgehead atoms. The highest BCUT2D eigenvalue weighted by Crippen LogP contribution is 2.33. The molecule has 1 fully saturated rings. The summed E-state index contributed by atoms with van der Waals surface area (Å²) in [6.07, 6.45) is -1.11. The third-order valence-corrected chi connectivity index (χ3v) is 4.33. The number of amides is 2. The molecule has 2 heterocycles. The topological polar surface area (TPSA) is 79.7 Å². The zero-order valence-corrected chi connectivity index (χ0v) is 14.7. The highest BCUT2D eigenvalue weighted by atomic mass is 19.1. The summed E-state index contributed by atoms with van der Waals surface area (Å²) in [5, 5.41) is 9.99. The van der Waals surface area contributed by atoms with Crippen LogP contribution in [0.2, 0.25) is 0 Å². The number of hydrogen-bond donors (Lipinski definition) is 1. The maximum absolute atomic E-state index is 14.1. The maximum atomic E-state index is 14.1. The predicted octanol–water partition coefficient (Wildman–Crippen LogP) is 3.25. The van der Waals surface area contributed by atoms with Gasteiger partial charge in [0, 0.05) is 6.20 Å². The molecular weight excluding hydrogens is 351 g/mol. The molecule has 1 saturated heterocycles. The van der Waals surface area contributed by atoms with E-state index in [4.69, 9.17) is 4.74 Å². The second-order valence-corrected chi connectivity index (χ2v) is 6.22. The average molecular weight is 370 g/mol. The predicted molar refractivity (Wildman–Crippen MR) is 95.9 cm³/mol. The van der Waals surface area contributed by atoms with Crippen molar-refractivity contribution in [3.05, 3.63) is 71.8 Å². The molecule has 0 aliphatic carbocycles. The monoisotopic (exact) mass is 370 g/mol. The van der Waals surface area contributed by atoms with Gasteiger partial charge in [0.25, 0.3) is 0 Å². The van der Waals surface area contributed by atoms with Crippen LogP contribution in [0.4, 0.5) is 9.18 Å². The molecule has 2 amide bonds. The smallest absolute Gasteiger partial charge is 0.417 e. The molecule has 0 unspecified atom stereocenters. The summed E-state index contributed by atoms with van der Waals surface area (Å²) in [4.78, 5) is 29.5. The number of rotatable bonds is 5. The van der Waals surface area contributed by atoms with Crippen molar-refractivity contribution in [3.8, 4) is 0 Å². The van der Waals surface area contributed by atoms with E-state index in [-0.39, 0.29) is 0 Å². The lowest BCUT2D eigenvalue weighted by atomic mass is 10.0. The molecule has 0 spiro atoms. The molecule has 7 heteroatoms. The molecule has 6 nitrogen and oxygen atoms in total. The molecule has 27 heavy (non-hydrogen) atoms. The van der Waals surface area contributed by atoms with Crippen LogP contribution in [-0.4, -0.2) is 39.1 Å². The third-order valence-electron chi connectivity index (χ3n) is 4.33. The first-order valence-corrected chi connectivity index (χ1v) is 8.51. The van der Waals surface area contributed by atoms with Crippen LogP contribution in [0.1, 0.15) is 30.7 Å². The number of imide groups is 1. The fourth-order valence-corrected chi connectivity index (χ4v) is 2.94. The van der Waals surface area contributed by atoms with Gasteiger partial charge >= 0.3 is 6.09 Å². The molecule has 3 atom stereocenters. The summed E-state index contributed by atoms with van der Waals surface area (Å²) in [5.74, 6) is -1.61. The van der Waals surface area contributed by atoms with Crippen molar-refractivity contribution in [1.29, 1.82) is 0 Å². The van der Waals surface area contributed by atoms with E-state index in [9.17, 15) is 19.1 Å². The number of hydrogen-bond acceptors (Lipinski definition) is 5. The van der Waals surface area contributed by atoms with Crippen LogP contribution < -0.4 is 0 Å². The number of pyridine rings is 1. The van der Waals surface area contributed by atoms with E-state index >= 15 is 0 Å². The van der Waals surface area contributed by atoms with E-state index in [0.29, 0.717) is 5.69 Å². The van der Waals surface area contributed by atoms with Crippen molar-refractivity contribution in [2.45, 2.75) is 31.6 Å². The van der Waals surface area contributed by atoms with Crippen LogP contribution in [0, 0.1) is 0 Å². The number of carbonyl (C=O) groups excluding carboxylic acids is 2. The van der Waals surface area contributed by atoms with Crippen LogP contribution in [0.5, 0.6) is 0 Å². The van der Waals surface area contributed by atoms with E-state index in [2.05, 4.69) is 4.98 Å². The van der Waals surface area contributed by atoms with E-state index in [1.807, 2.05) is 18.2 Å². The number of aliphatic hydroxyl groups excluding tert-OH is 1. The largest absolute Gasteiger partial charge is 0.439 e. The van der Waals surface area contributed by atoms with E-state index in [0.717, 1.165) is 16.5 Å². The Morgan fingerprint density at radius 3 is 2.67 bits per heavy atom. The van der Waals surface area contributed by atoms with Crippen LogP contribution >= 0.6 is 0 Å².